The molecule has 304 valence electrons. The summed E-state index contributed by atoms with van der Waals surface area (Å²) in [6.07, 6.45) is 19.6. The Hall–Kier alpha value is -4.43. The highest BCUT2D eigenvalue weighted by molar-refractivity contribution is 8.23. The zero-order valence-electron chi connectivity index (χ0n) is 32.6. The van der Waals surface area contributed by atoms with Crippen molar-refractivity contribution >= 4 is 113 Å². The minimum absolute atomic E-state index is 0.0487. The third-order valence-electron chi connectivity index (χ3n) is 7.31. The number of anilines is 2. The van der Waals surface area contributed by atoms with Crippen LogP contribution in [0.1, 0.15) is 18.1 Å². The van der Waals surface area contributed by atoms with Crippen LogP contribution >= 0.6 is 82.2 Å². The number of halogens is 1. The van der Waals surface area contributed by atoms with Crippen molar-refractivity contribution in [2.45, 2.75) is 6.92 Å². The van der Waals surface area contributed by atoms with Crippen LogP contribution in [0.5, 0.6) is 0 Å². The third-order valence-corrected chi connectivity index (χ3v) is 12.5. The molecule has 19 heteroatoms. The summed E-state index contributed by atoms with van der Waals surface area (Å²) in [6.45, 7) is 2.11. The number of thiocarbonyl (C=S) groups is 2. The molecule has 0 bridgehead atoms. The summed E-state index contributed by atoms with van der Waals surface area (Å²) in [6, 6.07) is 15.2. The number of aromatic nitrogens is 6. The molecule has 0 saturated heterocycles. The van der Waals surface area contributed by atoms with Gasteiger partial charge in [0.15, 0.2) is 5.15 Å². The Morgan fingerprint density at radius 2 is 1.40 bits per heavy atom. The molecule has 3 N–H and O–H groups in total. The van der Waals surface area contributed by atoms with E-state index in [-0.39, 0.29) is 24.3 Å². The van der Waals surface area contributed by atoms with Crippen LogP contribution < -0.4 is 20.9 Å². The van der Waals surface area contributed by atoms with Gasteiger partial charge in [-0.1, -0.05) is 65.6 Å². The molecule has 1 unspecified atom stereocenters. The van der Waals surface area contributed by atoms with Gasteiger partial charge >= 0.3 is 0 Å². The number of thioether (sulfide) groups is 2. The van der Waals surface area contributed by atoms with E-state index < -0.39 is 0 Å². The first-order valence-corrected chi connectivity index (χ1v) is 22.7. The van der Waals surface area contributed by atoms with E-state index in [9.17, 15) is 9.59 Å². The number of carbonyl (C=O) groups excluding carboxylic acids is 2. The Morgan fingerprint density at radius 1 is 0.828 bits per heavy atom. The maximum Gasteiger partial charge on any atom is 0.239 e. The molecule has 6 aromatic rings. The van der Waals surface area contributed by atoms with Crippen molar-refractivity contribution in [1.29, 1.82) is 0 Å². The van der Waals surface area contributed by atoms with Crippen LogP contribution in [0, 0.1) is 5.92 Å². The fourth-order valence-electron chi connectivity index (χ4n) is 4.33. The number of hydrogen-bond acceptors (Lipinski definition) is 15. The molecule has 1 atom stereocenters. The lowest BCUT2D eigenvalue weighted by atomic mass is 10.2. The van der Waals surface area contributed by atoms with E-state index in [1.54, 1.807) is 103 Å². The predicted molar refractivity (Wildman–Crippen MR) is 254 cm³/mol. The first-order chi connectivity index (χ1) is 28.0. The van der Waals surface area contributed by atoms with E-state index >= 15 is 0 Å². The Labute approximate surface area is 371 Å². The number of carbonyl (C=O) groups is 2. The number of pyridine rings is 4. The molecule has 6 rings (SSSR count). The molecule has 6 heterocycles. The summed E-state index contributed by atoms with van der Waals surface area (Å²) in [4.78, 5) is 50.0. The molecule has 6 aromatic heterocycles. The lowest BCUT2D eigenvalue weighted by molar-refractivity contribution is -0.121. The van der Waals surface area contributed by atoms with Crippen LogP contribution in [0.4, 0.5) is 10.0 Å². The number of amides is 2. The highest BCUT2D eigenvalue weighted by Crippen LogP contribution is 2.37. The summed E-state index contributed by atoms with van der Waals surface area (Å²) in [5.74, 6) is 0.684. The van der Waals surface area contributed by atoms with Gasteiger partial charge in [0, 0.05) is 105 Å². The maximum absolute atomic E-state index is 12.4. The smallest absolute Gasteiger partial charge is 0.239 e. The second-order valence-corrected chi connectivity index (χ2v) is 16.6. The third kappa shape index (κ3) is 16.1. The van der Waals surface area contributed by atoms with Crippen molar-refractivity contribution in [3.05, 3.63) is 121 Å². The van der Waals surface area contributed by atoms with Gasteiger partial charge in [0.05, 0.1) is 16.9 Å². The van der Waals surface area contributed by atoms with Crippen molar-refractivity contribution in [3.63, 3.8) is 0 Å². The lowest BCUT2D eigenvalue weighted by Crippen LogP contribution is -2.34. The largest absolute Gasteiger partial charge is 0.379 e. The molecule has 0 radical (unpaired) electrons. The lowest BCUT2D eigenvalue weighted by Gasteiger charge is -2.19. The van der Waals surface area contributed by atoms with Gasteiger partial charge < -0.3 is 20.9 Å². The molecule has 0 aliphatic heterocycles. The van der Waals surface area contributed by atoms with E-state index in [2.05, 4.69) is 45.9 Å². The van der Waals surface area contributed by atoms with Gasteiger partial charge in [-0.2, -0.15) is 11.8 Å². The SMILES string of the molecule is CNC(=O)CNC(=S)c1cccnc1.CNc1cnc(-c2cccnc2)s1.CSC(=S)c1cccnc1.CSCC(C)C(=O)N(C)c1sc(-c2cccnc2)nc1Cl. The number of nitrogens with zero attached hydrogens (tertiary/aromatic N) is 7. The summed E-state index contributed by atoms with van der Waals surface area (Å²) in [5, 5.41) is 12.2. The molecular formula is C39H43ClN10O2S6. The molecule has 0 aliphatic carbocycles. The number of rotatable bonds is 11. The fraction of sp³-hybridized carbons (Fsp3) is 0.231. The average molecular weight is 912 g/mol. The molecule has 2 amide bonds. The van der Waals surface area contributed by atoms with Gasteiger partial charge in [-0.3, -0.25) is 29.5 Å². The van der Waals surface area contributed by atoms with Crippen molar-refractivity contribution in [3.8, 4) is 21.1 Å². The van der Waals surface area contributed by atoms with E-state index in [1.165, 1.54) is 11.3 Å². The molecule has 58 heavy (non-hydrogen) atoms. The predicted octanol–water partition coefficient (Wildman–Crippen LogP) is 8.28. The quantitative estimate of drug-likeness (QED) is 0.107. The van der Waals surface area contributed by atoms with Crippen LogP contribution in [-0.2, 0) is 9.59 Å². The normalized spacial score (nSPS) is 10.5. The standard InChI is InChI=1S/C14H16ClN3OS2.C9H11N3OS.C9H9N3S.C7H7NS2/c1-9(8-20-3)13(19)18(2)14-11(15)17-12(21-14)10-5-4-6-16-7-10;1-10-8(13)6-12-9(14)7-3-2-4-11-5-7;1-10-8-6-12-9(13-8)7-3-2-4-11-5-7;1-10-7(9)6-3-2-4-8-5-6/h4-7,9H,8H2,1-3H3;2-5H,6H2,1H3,(H,10,13)(H,12,14);2-6,10H,1H3;2-5H,1H3. The van der Waals surface area contributed by atoms with E-state index in [4.69, 9.17) is 36.0 Å². The molecule has 0 aliphatic rings. The van der Waals surface area contributed by atoms with Crippen LogP contribution in [0.3, 0.4) is 0 Å². The first-order valence-electron chi connectivity index (χ1n) is 17.3. The zero-order chi connectivity index (χ0) is 42.3. The maximum atomic E-state index is 12.4. The van der Waals surface area contributed by atoms with Crippen molar-refractivity contribution in [1.82, 2.24) is 40.5 Å². The highest BCUT2D eigenvalue weighted by Gasteiger charge is 2.23. The van der Waals surface area contributed by atoms with Crippen molar-refractivity contribution in [2.24, 2.45) is 5.92 Å². The fourth-order valence-corrected chi connectivity index (χ4v) is 7.69. The minimum Gasteiger partial charge on any atom is -0.379 e. The Kier molecular flexibility index (Phi) is 21.9. The summed E-state index contributed by atoms with van der Waals surface area (Å²) in [7, 11) is 5.21. The summed E-state index contributed by atoms with van der Waals surface area (Å²) < 4.78 is 0.896. The van der Waals surface area contributed by atoms with Gasteiger partial charge in [0.25, 0.3) is 0 Å². The van der Waals surface area contributed by atoms with Crippen LogP contribution in [0.25, 0.3) is 21.1 Å². The van der Waals surface area contributed by atoms with E-state index in [0.29, 0.717) is 15.1 Å². The minimum atomic E-state index is -0.101. The number of hydrogen-bond donors (Lipinski definition) is 3. The Bertz CT molecular complexity index is 2150. The topological polar surface area (TPSA) is 151 Å². The van der Waals surface area contributed by atoms with Gasteiger partial charge in [0.2, 0.25) is 11.8 Å². The molecular weight excluding hydrogens is 868 g/mol. The van der Waals surface area contributed by atoms with Gasteiger partial charge in [-0.25, -0.2) is 9.97 Å². The summed E-state index contributed by atoms with van der Waals surface area (Å²) in [5.41, 5.74) is 3.80. The van der Waals surface area contributed by atoms with E-state index in [0.717, 1.165) is 47.2 Å². The number of nitrogens with one attached hydrogen (secondary N) is 3. The first kappa shape index (κ1) is 47.9. The molecule has 0 spiro atoms. The number of likely N-dealkylation sites (N-methyl/N-ethyl adjacent to an activating group) is 1. The van der Waals surface area contributed by atoms with Crippen LogP contribution in [-0.4, -0.2) is 96.9 Å². The molecule has 12 nitrogen and oxygen atoms in total. The Morgan fingerprint density at radius 3 is 1.88 bits per heavy atom. The van der Waals surface area contributed by atoms with Crippen LogP contribution in [0.2, 0.25) is 5.15 Å². The molecule has 0 saturated carbocycles. The second-order valence-electron chi connectivity index (χ2n) is 11.5. The molecule has 0 fully saturated rings. The van der Waals surface area contributed by atoms with Crippen molar-refractivity contribution < 1.29 is 9.59 Å². The van der Waals surface area contributed by atoms with Gasteiger partial charge in [0.1, 0.15) is 25.0 Å². The molecule has 0 aromatic carbocycles. The van der Waals surface area contributed by atoms with Crippen LogP contribution in [0.15, 0.2) is 104 Å². The zero-order valence-corrected chi connectivity index (χ0v) is 38.2. The monoisotopic (exact) mass is 910 g/mol. The Balaban J connectivity index is 0.000000215. The van der Waals surface area contributed by atoms with Gasteiger partial charge in [-0.05, 0) is 61.0 Å². The number of thiazole rings is 2. The highest BCUT2D eigenvalue weighted by atomic mass is 35.5. The average Bonchev–Trinajstić information content (AvgIpc) is 3.93. The summed E-state index contributed by atoms with van der Waals surface area (Å²) >= 11 is 22.5. The van der Waals surface area contributed by atoms with Crippen molar-refractivity contribution in [2.75, 3.05) is 56.2 Å². The second kappa shape index (κ2) is 26.5. The van der Waals surface area contributed by atoms with Gasteiger partial charge in [-0.15, -0.1) is 11.8 Å². The van der Waals surface area contributed by atoms with E-state index in [1.807, 2.05) is 81.3 Å².